The van der Waals surface area contributed by atoms with Crippen molar-refractivity contribution in [3.05, 3.63) is 76.8 Å². The zero-order valence-corrected chi connectivity index (χ0v) is 21.8. The largest absolute Gasteiger partial charge is 0.477 e. The fourth-order valence-electron chi connectivity index (χ4n) is 4.69. The second-order valence-corrected chi connectivity index (χ2v) is 11.3. The lowest BCUT2D eigenvalue weighted by Gasteiger charge is -2.35. The quantitative estimate of drug-likeness (QED) is 0.432. The van der Waals surface area contributed by atoms with Crippen molar-refractivity contribution >= 4 is 32.5 Å². The second kappa shape index (κ2) is 8.89. The molecular formula is C27H28N4O5S. The van der Waals surface area contributed by atoms with Crippen LogP contribution in [0.3, 0.4) is 0 Å². The number of nitrogens with two attached hydrogens (primary N) is 1. The normalized spacial score (nSPS) is 15.8. The molecule has 0 bridgehead atoms. The van der Waals surface area contributed by atoms with E-state index < -0.39 is 21.7 Å². The highest BCUT2D eigenvalue weighted by molar-refractivity contribution is 7.90. The number of nitrogens with zero attached hydrogens (tertiary/aromatic N) is 3. The maximum atomic E-state index is 13.6. The maximum Gasteiger partial charge on any atom is 0.275 e. The Bertz CT molecular complexity index is 1700. The maximum absolute atomic E-state index is 13.6. The molecular weight excluding hydrogens is 492 g/mol. The summed E-state index contributed by atoms with van der Waals surface area (Å²) in [5, 5.41) is 0.461. The molecule has 10 heteroatoms. The van der Waals surface area contributed by atoms with Crippen molar-refractivity contribution in [2.45, 2.75) is 31.4 Å². The lowest BCUT2D eigenvalue weighted by atomic mass is 9.98. The van der Waals surface area contributed by atoms with Gasteiger partial charge in [-0.1, -0.05) is 38.1 Å². The molecule has 0 fully saturated rings. The number of likely N-dealkylation sites (N-methyl/N-ethyl adjacent to an activating group) is 1. The minimum Gasteiger partial charge on any atom is -0.477 e. The number of amides is 1. The van der Waals surface area contributed by atoms with Crippen LogP contribution < -0.4 is 20.9 Å². The third-order valence-corrected chi connectivity index (χ3v) is 8.46. The van der Waals surface area contributed by atoms with Crippen molar-refractivity contribution in [2.75, 3.05) is 11.9 Å². The van der Waals surface area contributed by atoms with E-state index in [-0.39, 0.29) is 22.2 Å². The molecule has 5 rings (SSSR count). The molecule has 0 radical (unpaired) electrons. The van der Waals surface area contributed by atoms with Gasteiger partial charge in [0.05, 0.1) is 10.6 Å². The van der Waals surface area contributed by atoms with Crippen LogP contribution in [-0.4, -0.2) is 36.0 Å². The van der Waals surface area contributed by atoms with E-state index in [0.29, 0.717) is 34.5 Å². The number of benzene rings is 2. The van der Waals surface area contributed by atoms with Crippen LogP contribution in [0.25, 0.3) is 22.0 Å². The molecule has 0 aliphatic carbocycles. The molecule has 9 nitrogen and oxygen atoms in total. The van der Waals surface area contributed by atoms with Crippen LogP contribution in [0.1, 0.15) is 19.4 Å². The topological polar surface area (TPSA) is 117 Å². The minimum atomic E-state index is -4.06. The van der Waals surface area contributed by atoms with Gasteiger partial charge in [-0.2, -0.15) is 0 Å². The Balaban J connectivity index is 1.74. The fraction of sp³-hybridized carbons (Fsp3) is 0.259. The first-order chi connectivity index (χ1) is 17.6. The summed E-state index contributed by atoms with van der Waals surface area (Å²) in [6.07, 6.45) is 2.39. The van der Waals surface area contributed by atoms with E-state index in [4.69, 9.17) is 10.5 Å². The zero-order valence-electron chi connectivity index (χ0n) is 21.0. The molecule has 1 amide bonds. The Morgan fingerprint density at radius 3 is 2.35 bits per heavy atom. The number of carbonyl (C=O) groups excluding carboxylic acids is 1. The van der Waals surface area contributed by atoms with Gasteiger partial charge in [0.1, 0.15) is 5.52 Å². The SMILES string of the molecule is CC(C)C1Oc2c(-c3cn(C)c(=O)c4c3ccn4S(=O)(=O)c3ccc(CN)cc3)cccc2N(C)C1=O. The monoisotopic (exact) mass is 520 g/mol. The number of aromatic nitrogens is 2. The predicted molar refractivity (Wildman–Crippen MR) is 142 cm³/mol. The summed E-state index contributed by atoms with van der Waals surface area (Å²) < 4.78 is 35.7. The van der Waals surface area contributed by atoms with E-state index in [1.54, 1.807) is 55.5 Å². The second-order valence-electron chi connectivity index (χ2n) is 9.52. The molecule has 3 heterocycles. The van der Waals surface area contributed by atoms with Crippen molar-refractivity contribution in [3.8, 4) is 16.9 Å². The van der Waals surface area contributed by atoms with Crippen molar-refractivity contribution in [3.63, 3.8) is 0 Å². The lowest BCUT2D eigenvalue weighted by Crippen LogP contribution is -2.46. The number of carbonyl (C=O) groups is 1. The number of hydrogen-bond acceptors (Lipinski definition) is 6. The molecule has 192 valence electrons. The van der Waals surface area contributed by atoms with Gasteiger partial charge in [-0.05, 0) is 35.7 Å². The standard InChI is InChI=1S/C27H28N4O5S/c1-16(2)24-27(33)30(4)22-7-5-6-20(25(22)36-24)21-15-29(3)26(32)23-19(21)12-13-31(23)37(34,35)18-10-8-17(14-28)9-11-18/h5-13,15-16,24H,14,28H2,1-4H3. The molecule has 1 unspecified atom stereocenters. The van der Waals surface area contributed by atoms with Gasteiger partial charge in [-0.15, -0.1) is 0 Å². The lowest BCUT2D eigenvalue weighted by molar-refractivity contribution is -0.127. The number of pyridine rings is 1. The van der Waals surface area contributed by atoms with Crippen LogP contribution in [0.4, 0.5) is 5.69 Å². The van der Waals surface area contributed by atoms with Gasteiger partial charge in [0, 0.05) is 49.5 Å². The molecule has 1 aliphatic heterocycles. The summed E-state index contributed by atoms with van der Waals surface area (Å²) in [6, 6.07) is 13.3. The molecule has 37 heavy (non-hydrogen) atoms. The summed E-state index contributed by atoms with van der Waals surface area (Å²) in [7, 11) is -0.776. The molecule has 2 N–H and O–H groups in total. The average Bonchev–Trinajstić information content (AvgIpc) is 3.34. The van der Waals surface area contributed by atoms with Gasteiger partial charge >= 0.3 is 0 Å². The molecule has 0 saturated heterocycles. The van der Waals surface area contributed by atoms with Crippen molar-refractivity contribution in [1.82, 2.24) is 8.54 Å². The summed E-state index contributed by atoms with van der Waals surface area (Å²) in [4.78, 5) is 27.8. The number of hydrogen-bond donors (Lipinski definition) is 1. The van der Waals surface area contributed by atoms with Crippen LogP contribution in [0, 0.1) is 5.92 Å². The Labute approximate surface area is 214 Å². The van der Waals surface area contributed by atoms with E-state index in [2.05, 4.69) is 0 Å². The van der Waals surface area contributed by atoms with Gasteiger partial charge in [0.25, 0.3) is 21.5 Å². The van der Waals surface area contributed by atoms with Crippen LogP contribution in [0.15, 0.2) is 70.6 Å². The third kappa shape index (κ3) is 3.84. The van der Waals surface area contributed by atoms with Crippen molar-refractivity contribution in [2.24, 2.45) is 18.7 Å². The van der Waals surface area contributed by atoms with Crippen LogP contribution in [-0.2, 0) is 28.4 Å². The minimum absolute atomic E-state index is 0.0288. The van der Waals surface area contributed by atoms with Crippen LogP contribution in [0.5, 0.6) is 5.75 Å². The van der Waals surface area contributed by atoms with E-state index in [1.165, 1.54) is 22.9 Å². The predicted octanol–water partition coefficient (Wildman–Crippen LogP) is 3.08. The number of aryl methyl sites for hydroxylation is 1. The number of fused-ring (bicyclic) bond motifs is 2. The van der Waals surface area contributed by atoms with Crippen molar-refractivity contribution in [1.29, 1.82) is 0 Å². The van der Waals surface area contributed by atoms with E-state index in [9.17, 15) is 18.0 Å². The smallest absolute Gasteiger partial charge is 0.275 e. The van der Waals surface area contributed by atoms with Gasteiger partial charge in [-0.25, -0.2) is 12.4 Å². The number of para-hydroxylation sites is 1. The highest BCUT2D eigenvalue weighted by atomic mass is 32.2. The van der Waals surface area contributed by atoms with E-state index in [0.717, 1.165) is 9.54 Å². The molecule has 1 aliphatic rings. The molecule has 2 aromatic carbocycles. The summed E-state index contributed by atoms with van der Waals surface area (Å²) in [5.41, 5.74) is 7.90. The molecule has 4 aromatic rings. The first kappa shape index (κ1) is 24.8. The molecule has 0 saturated carbocycles. The van der Waals surface area contributed by atoms with Gasteiger partial charge in [0.2, 0.25) is 0 Å². The highest BCUT2D eigenvalue weighted by Crippen LogP contribution is 2.44. The summed E-state index contributed by atoms with van der Waals surface area (Å²) in [5.74, 6) is 0.313. The Morgan fingerprint density at radius 2 is 1.70 bits per heavy atom. The third-order valence-electron chi connectivity index (χ3n) is 6.77. The Morgan fingerprint density at radius 1 is 1.00 bits per heavy atom. The number of rotatable bonds is 5. The molecule has 1 atom stereocenters. The average molecular weight is 521 g/mol. The summed E-state index contributed by atoms with van der Waals surface area (Å²) >= 11 is 0. The number of ether oxygens (including phenoxy) is 1. The van der Waals surface area contributed by atoms with Crippen LogP contribution >= 0.6 is 0 Å². The Kier molecular flexibility index (Phi) is 5.96. The zero-order chi connectivity index (χ0) is 26.6. The van der Waals surface area contributed by atoms with Gasteiger partial charge < -0.3 is 19.9 Å². The summed E-state index contributed by atoms with van der Waals surface area (Å²) in [6.45, 7) is 4.12. The fourth-order valence-corrected chi connectivity index (χ4v) is 6.03. The molecule has 2 aromatic heterocycles. The highest BCUT2D eigenvalue weighted by Gasteiger charge is 2.36. The van der Waals surface area contributed by atoms with Crippen molar-refractivity contribution < 1.29 is 17.9 Å². The Hall–Kier alpha value is -3.89. The van der Waals surface area contributed by atoms with Gasteiger partial charge in [-0.3, -0.25) is 9.59 Å². The number of anilines is 1. The molecule has 0 spiro atoms. The van der Waals surface area contributed by atoms with Gasteiger partial charge in [0.15, 0.2) is 11.9 Å². The van der Waals surface area contributed by atoms with E-state index >= 15 is 0 Å². The van der Waals surface area contributed by atoms with E-state index in [1.807, 2.05) is 19.9 Å². The first-order valence-corrected chi connectivity index (χ1v) is 13.3. The van der Waals surface area contributed by atoms with Crippen LogP contribution in [0.2, 0.25) is 0 Å². The first-order valence-electron chi connectivity index (χ1n) is 11.9.